The zero-order valence-corrected chi connectivity index (χ0v) is 15.2. The summed E-state index contributed by atoms with van der Waals surface area (Å²) in [5.74, 6) is -0.400. The van der Waals surface area contributed by atoms with Gasteiger partial charge in [-0.15, -0.1) is 0 Å². The number of amides is 1. The van der Waals surface area contributed by atoms with Crippen LogP contribution in [-0.4, -0.2) is 23.2 Å². The number of hydrogen-bond acceptors (Lipinski definition) is 3. The van der Waals surface area contributed by atoms with E-state index in [0.717, 1.165) is 42.9 Å². The molecule has 1 aromatic heterocycles. The Labute approximate surface area is 153 Å². The molecule has 0 radical (unpaired) electrons. The molecule has 1 atom stereocenters. The smallest absolute Gasteiger partial charge is 0.266 e. The lowest BCUT2D eigenvalue weighted by Gasteiger charge is -2.14. The summed E-state index contributed by atoms with van der Waals surface area (Å²) in [6.07, 6.45) is 4.08. The van der Waals surface area contributed by atoms with Gasteiger partial charge in [0.05, 0.1) is 6.10 Å². The van der Waals surface area contributed by atoms with Crippen molar-refractivity contribution in [2.24, 2.45) is 0 Å². The number of hydrogen-bond donors (Lipinski definition) is 1. The lowest BCUT2D eigenvalue weighted by atomic mass is 10.1. The van der Waals surface area contributed by atoms with Crippen LogP contribution in [0.3, 0.4) is 0 Å². The zero-order valence-electron chi connectivity index (χ0n) is 15.2. The van der Waals surface area contributed by atoms with Gasteiger partial charge >= 0.3 is 0 Å². The molecule has 0 aliphatic carbocycles. The molecule has 1 aliphatic heterocycles. The second-order valence-electron chi connectivity index (χ2n) is 6.56. The number of aryl methyl sites for hydroxylation is 1. The Morgan fingerprint density at radius 3 is 2.81 bits per heavy atom. The third-order valence-corrected chi connectivity index (χ3v) is 4.72. The minimum Gasteiger partial charge on any atom is -0.376 e. The van der Waals surface area contributed by atoms with Crippen LogP contribution >= 0.6 is 0 Å². The number of anilines is 1. The fourth-order valence-corrected chi connectivity index (χ4v) is 3.27. The van der Waals surface area contributed by atoms with E-state index in [-0.39, 0.29) is 11.7 Å². The SMILES string of the molecule is Cc1cc(/C=C(\C#N)C(=O)Nc2ccccc2)c(C)n1C[C@@H]1CCCO1. The van der Waals surface area contributed by atoms with Gasteiger partial charge in [0.2, 0.25) is 0 Å². The predicted molar refractivity (Wildman–Crippen MR) is 102 cm³/mol. The Morgan fingerprint density at radius 1 is 1.38 bits per heavy atom. The lowest BCUT2D eigenvalue weighted by Crippen LogP contribution is -2.17. The Kier molecular flexibility index (Phi) is 5.55. The van der Waals surface area contributed by atoms with E-state index in [0.29, 0.717) is 5.69 Å². The fourth-order valence-electron chi connectivity index (χ4n) is 3.27. The first-order valence-electron chi connectivity index (χ1n) is 8.85. The first-order valence-corrected chi connectivity index (χ1v) is 8.85. The van der Waals surface area contributed by atoms with Crippen LogP contribution in [0, 0.1) is 25.2 Å². The lowest BCUT2D eigenvalue weighted by molar-refractivity contribution is -0.112. The monoisotopic (exact) mass is 349 g/mol. The standard InChI is InChI=1S/C21H23N3O2/c1-15-11-17(16(2)24(15)14-20-9-6-10-26-20)12-18(13-22)21(25)23-19-7-4-3-5-8-19/h3-5,7-8,11-12,20H,6,9-10,14H2,1-2H3,(H,23,25)/b18-12+/t20-/m0/s1. The maximum Gasteiger partial charge on any atom is 0.266 e. The largest absolute Gasteiger partial charge is 0.376 e. The molecule has 1 N–H and O–H groups in total. The highest BCUT2D eigenvalue weighted by Gasteiger charge is 2.19. The van der Waals surface area contributed by atoms with Crippen LogP contribution < -0.4 is 5.32 Å². The maximum atomic E-state index is 12.4. The molecule has 2 aromatic rings. The van der Waals surface area contributed by atoms with E-state index < -0.39 is 5.91 Å². The average molecular weight is 349 g/mol. The molecule has 2 heterocycles. The van der Waals surface area contributed by atoms with Crippen LogP contribution in [0.15, 0.2) is 42.0 Å². The number of nitrogens with zero attached hydrogens (tertiary/aromatic N) is 2. The highest BCUT2D eigenvalue weighted by Crippen LogP contribution is 2.22. The van der Waals surface area contributed by atoms with Gasteiger partial charge in [0.1, 0.15) is 11.6 Å². The average Bonchev–Trinajstić information content (AvgIpc) is 3.24. The second kappa shape index (κ2) is 8.03. The van der Waals surface area contributed by atoms with Crippen molar-refractivity contribution in [1.82, 2.24) is 4.57 Å². The Morgan fingerprint density at radius 2 is 2.15 bits per heavy atom. The molecule has 5 heteroatoms. The molecule has 5 nitrogen and oxygen atoms in total. The number of carbonyl (C=O) groups excluding carboxylic acids is 1. The third kappa shape index (κ3) is 4.04. The molecule has 1 aromatic carbocycles. The molecule has 26 heavy (non-hydrogen) atoms. The van der Waals surface area contributed by atoms with Crippen molar-refractivity contribution in [2.45, 2.75) is 39.3 Å². The number of para-hydroxylation sites is 1. The Bertz CT molecular complexity index is 853. The normalized spacial score (nSPS) is 17.1. The molecular formula is C21H23N3O2. The molecule has 0 bridgehead atoms. The summed E-state index contributed by atoms with van der Waals surface area (Å²) in [5.41, 5.74) is 3.79. The summed E-state index contributed by atoms with van der Waals surface area (Å²) in [4.78, 5) is 12.4. The quantitative estimate of drug-likeness (QED) is 0.659. The summed E-state index contributed by atoms with van der Waals surface area (Å²) in [7, 11) is 0. The number of rotatable bonds is 5. The van der Waals surface area contributed by atoms with Gasteiger partial charge in [-0.1, -0.05) is 18.2 Å². The predicted octanol–water partition coefficient (Wildman–Crippen LogP) is 3.83. The first-order chi connectivity index (χ1) is 12.6. The van der Waals surface area contributed by atoms with Gasteiger partial charge in [-0.2, -0.15) is 5.26 Å². The van der Waals surface area contributed by atoms with E-state index in [1.807, 2.05) is 44.2 Å². The summed E-state index contributed by atoms with van der Waals surface area (Å²) in [6.45, 7) is 5.69. The molecule has 0 spiro atoms. The molecule has 3 rings (SSSR count). The van der Waals surface area contributed by atoms with Crippen molar-refractivity contribution in [3.63, 3.8) is 0 Å². The van der Waals surface area contributed by atoms with E-state index >= 15 is 0 Å². The molecule has 1 fully saturated rings. The molecule has 134 valence electrons. The van der Waals surface area contributed by atoms with Crippen molar-refractivity contribution in [1.29, 1.82) is 5.26 Å². The molecule has 1 aliphatic rings. The number of ether oxygens (including phenoxy) is 1. The number of aromatic nitrogens is 1. The van der Waals surface area contributed by atoms with E-state index in [9.17, 15) is 10.1 Å². The number of benzene rings is 1. The summed E-state index contributed by atoms with van der Waals surface area (Å²) >= 11 is 0. The van der Waals surface area contributed by atoms with Crippen molar-refractivity contribution in [2.75, 3.05) is 11.9 Å². The van der Waals surface area contributed by atoms with E-state index in [4.69, 9.17) is 4.74 Å². The molecular weight excluding hydrogens is 326 g/mol. The maximum absolute atomic E-state index is 12.4. The van der Waals surface area contributed by atoms with Crippen LogP contribution in [-0.2, 0) is 16.1 Å². The van der Waals surface area contributed by atoms with Crippen LogP contribution in [0.2, 0.25) is 0 Å². The van der Waals surface area contributed by atoms with Crippen LogP contribution in [0.4, 0.5) is 5.69 Å². The van der Waals surface area contributed by atoms with Gasteiger partial charge in [0, 0.05) is 30.2 Å². The van der Waals surface area contributed by atoms with Crippen molar-refractivity contribution in [3.8, 4) is 6.07 Å². The van der Waals surface area contributed by atoms with E-state index in [2.05, 4.69) is 9.88 Å². The molecule has 1 amide bonds. The number of nitrogens with one attached hydrogen (secondary N) is 1. The Balaban J connectivity index is 1.80. The zero-order chi connectivity index (χ0) is 18.5. The van der Waals surface area contributed by atoms with Gasteiger partial charge in [-0.05, 0) is 56.5 Å². The summed E-state index contributed by atoms with van der Waals surface area (Å²) in [6, 6.07) is 13.2. The molecule has 0 saturated carbocycles. The highest BCUT2D eigenvalue weighted by molar-refractivity contribution is 6.09. The van der Waals surface area contributed by atoms with Gasteiger partial charge in [0.15, 0.2) is 0 Å². The van der Waals surface area contributed by atoms with Crippen molar-refractivity contribution >= 4 is 17.7 Å². The van der Waals surface area contributed by atoms with Gasteiger partial charge in [-0.25, -0.2) is 0 Å². The van der Waals surface area contributed by atoms with Crippen LogP contribution in [0.5, 0.6) is 0 Å². The van der Waals surface area contributed by atoms with E-state index in [1.165, 1.54) is 0 Å². The van der Waals surface area contributed by atoms with Crippen molar-refractivity contribution < 1.29 is 9.53 Å². The molecule has 0 unspecified atom stereocenters. The van der Waals surface area contributed by atoms with Crippen LogP contribution in [0.25, 0.3) is 6.08 Å². The topological polar surface area (TPSA) is 67.0 Å². The van der Waals surface area contributed by atoms with E-state index in [1.54, 1.807) is 18.2 Å². The minimum absolute atomic E-state index is 0.0891. The second-order valence-corrected chi connectivity index (χ2v) is 6.56. The van der Waals surface area contributed by atoms with Gasteiger partial charge in [0.25, 0.3) is 5.91 Å². The Hall–Kier alpha value is -2.84. The third-order valence-electron chi connectivity index (χ3n) is 4.72. The number of carbonyl (C=O) groups is 1. The minimum atomic E-state index is -0.400. The highest BCUT2D eigenvalue weighted by atomic mass is 16.5. The first kappa shape index (κ1) is 18.0. The fraction of sp³-hybridized carbons (Fsp3) is 0.333. The van der Waals surface area contributed by atoms with Crippen LogP contribution in [0.1, 0.15) is 29.8 Å². The van der Waals surface area contributed by atoms with Crippen molar-refractivity contribution in [3.05, 3.63) is 58.9 Å². The van der Waals surface area contributed by atoms with Gasteiger partial charge in [-0.3, -0.25) is 4.79 Å². The summed E-state index contributed by atoms with van der Waals surface area (Å²) < 4.78 is 7.93. The van der Waals surface area contributed by atoms with Gasteiger partial charge < -0.3 is 14.6 Å². The summed E-state index contributed by atoms with van der Waals surface area (Å²) in [5, 5.41) is 12.2. The number of nitriles is 1. The molecule has 1 saturated heterocycles.